The van der Waals surface area contributed by atoms with Crippen molar-refractivity contribution in [3.63, 3.8) is 0 Å². The van der Waals surface area contributed by atoms with E-state index < -0.39 is 0 Å². The molecule has 144 valence electrons. The Balaban J connectivity index is 1.56. The Morgan fingerprint density at radius 2 is 2.11 bits per heavy atom. The zero-order chi connectivity index (χ0) is 19.7. The van der Waals surface area contributed by atoms with Gasteiger partial charge in [-0.2, -0.15) is 0 Å². The smallest absolute Gasteiger partial charge is 0.263 e. The summed E-state index contributed by atoms with van der Waals surface area (Å²) in [5.41, 5.74) is 3.44. The van der Waals surface area contributed by atoms with Crippen LogP contribution in [0.3, 0.4) is 0 Å². The number of nitrogens with one attached hydrogen (secondary N) is 1. The number of pyridine rings is 1. The van der Waals surface area contributed by atoms with Gasteiger partial charge in [0.25, 0.3) is 5.56 Å². The van der Waals surface area contributed by atoms with Crippen LogP contribution in [-0.2, 0) is 24.2 Å². The van der Waals surface area contributed by atoms with Crippen molar-refractivity contribution in [3.8, 4) is 0 Å². The first-order chi connectivity index (χ1) is 13.5. The highest BCUT2D eigenvalue weighted by molar-refractivity contribution is 5.78. The molecule has 0 fully saturated rings. The van der Waals surface area contributed by atoms with Gasteiger partial charge in [0, 0.05) is 5.69 Å². The number of carbonyl (C=O) groups is 1. The Hall–Kier alpha value is -3.02. The summed E-state index contributed by atoms with van der Waals surface area (Å²) < 4.78 is 1.36. The number of amides is 1. The Kier molecular flexibility index (Phi) is 4.94. The van der Waals surface area contributed by atoms with Gasteiger partial charge in [-0.1, -0.05) is 37.3 Å². The molecule has 1 N–H and O–H groups in total. The lowest BCUT2D eigenvalue weighted by molar-refractivity contribution is -0.122. The Morgan fingerprint density at radius 1 is 1.32 bits per heavy atom. The maximum absolute atomic E-state index is 12.9. The molecule has 0 saturated heterocycles. The molecular weight excluding hydrogens is 352 g/mol. The molecule has 1 aliphatic rings. The van der Waals surface area contributed by atoms with Crippen molar-refractivity contribution >= 4 is 16.9 Å². The maximum Gasteiger partial charge on any atom is 0.263 e. The van der Waals surface area contributed by atoms with E-state index in [-0.39, 0.29) is 24.1 Å². The number of hydrogen-bond donors (Lipinski definition) is 1. The molecule has 6 heteroatoms. The first-order valence-electron chi connectivity index (χ1n) is 9.73. The van der Waals surface area contributed by atoms with Crippen LogP contribution in [0.2, 0.25) is 0 Å². The summed E-state index contributed by atoms with van der Waals surface area (Å²) in [4.78, 5) is 34.3. The van der Waals surface area contributed by atoms with Crippen molar-refractivity contribution in [1.29, 1.82) is 0 Å². The van der Waals surface area contributed by atoms with Gasteiger partial charge in [-0.05, 0) is 49.3 Å². The summed E-state index contributed by atoms with van der Waals surface area (Å²) in [6.07, 6.45) is 4.39. The fourth-order valence-corrected chi connectivity index (χ4v) is 3.80. The molecule has 0 radical (unpaired) electrons. The molecule has 0 spiro atoms. The number of aryl methyl sites for hydroxylation is 1. The Bertz CT molecular complexity index is 1080. The van der Waals surface area contributed by atoms with E-state index >= 15 is 0 Å². The zero-order valence-electron chi connectivity index (χ0n) is 16.2. The van der Waals surface area contributed by atoms with Crippen LogP contribution in [0.1, 0.15) is 43.1 Å². The lowest BCUT2D eigenvalue weighted by atomic mass is 9.87. The highest BCUT2D eigenvalue weighted by Gasteiger charge is 2.19. The first kappa shape index (κ1) is 18.3. The number of nitrogens with zero attached hydrogens (tertiary/aromatic N) is 3. The number of hydrogen-bond acceptors (Lipinski definition) is 4. The van der Waals surface area contributed by atoms with Crippen LogP contribution < -0.4 is 10.9 Å². The van der Waals surface area contributed by atoms with Gasteiger partial charge in [0.15, 0.2) is 5.65 Å². The van der Waals surface area contributed by atoms with E-state index in [4.69, 9.17) is 0 Å². The fourth-order valence-electron chi connectivity index (χ4n) is 3.80. The maximum atomic E-state index is 12.9. The van der Waals surface area contributed by atoms with Gasteiger partial charge < -0.3 is 5.32 Å². The number of rotatable bonds is 4. The number of fused-ring (bicyclic) bond motifs is 2. The third kappa shape index (κ3) is 3.67. The molecule has 28 heavy (non-hydrogen) atoms. The second kappa shape index (κ2) is 7.54. The van der Waals surface area contributed by atoms with Gasteiger partial charge in [0.05, 0.1) is 11.4 Å². The van der Waals surface area contributed by atoms with Crippen molar-refractivity contribution < 1.29 is 4.79 Å². The number of benzene rings is 1. The summed E-state index contributed by atoms with van der Waals surface area (Å²) in [6.45, 7) is 4.07. The normalized spacial score (nSPS) is 17.1. The van der Waals surface area contributed by atoms with E-state index in [1.165, 1.54) is 10.9 Å². The largest absolute Gasteiger partial charge is 0.348 e. The number of carbonyl (C=O) groups excluding carboxylic acids is 1. The van der Waals surface area contributed by atoms with E-state index in [1.807, 2.05) is 43.3 Å². The summed E-state index contributed by atoms with van der Waals surface area (Å²) >= 11 is 0. The standard InChI is InChI=1S/C22H24N4O2/c1-14-8-9-19-17(10-14)11-18-21(25-19)23-13-26(22(18)28)12-20(27)24-15(2)16-6-4-3-5-7-16/h3-7,11,13-15H,8-10,12H2,1-2H3,(H,24,27)/t14-,15+/m0/s1. The van der Waals surface area contributed by atoms with E-state index in [1.54, 1.807) is 0 Å². The summed E-state index contributed by atoms with van der Waals surface area (Å²) in [5.74, 6) is 0.370. The minimum Gasteiger partial charge on any atom is -0.348 e. The van der Waals surface area contributed by atoms with Crippen LogP contribution in [0.5, 0.6) is 0 Å². The van der Waals surface area contributed by atoms with Crippen molar-refractivity contribution in [1.82, 2.24) is 19.9 Å². The highest BCUT2D eigenvalue weighted by atomic mass is 16.2. The molecule has 0 saturated carbocycles. The van der Waals surface area contributed by atoms with Gasteiger partial charge >= 0.3 is 0 Å². The Morgan fingerprint density at radius 3 is 2.89 bits per heavy atom. The third-order valence-electron chi connectivity index (χ3n) is 5.42. The molecule has 2 heterocycles. The van der Waals surface area contributed by atoms with E-state index in [0.717, 1.165) is 36.1 Å². The van der Waals surface area contributed by atoms with Gasteiger partial charge in [0.1, 0.15) is 12.9 Å². The lowest BCUT2D eigenvalue weighted by Gasteiger charge is -2.20. The predicted octanol–water partition coefficient (Wildman–Crippen LogP) is 2.79. The van der Waals surface area contributed by atoms with Crippen LogP contribution in [0.25, 0.3) is 11.0 Å². The fraction of sp³-hybridized carbons (Fsp3) is 0.364. The molecule has 1 aromatic carbocycles. The van der Waals surface area contributed by atoms with Crippen LogP contribution in [-0.4, -0.2) is 20.4 Å². The molecule has 2 aromatic heterocycles. The average molecular weight is 376 g/mol. The topological polar surface area (TPSA) is 76.9 Å². The molecule has 1 aliphatic carbocycles. The molecule has 4 rings (SSSR count). The molecule has 2 atom stereocenters. The molecule has 1 amide bonds. The predicted molar refractivity (Wildman–Crippen MR) is 108 cm³/mol. The van der Waals surface area contributed by atoms with Crippen LogP contribution in [0.4, 0.5) is 0 Å². The third-order valence-corrected chi connectivity index (χ3v) is 5.42. The minimum absolute atomic E-state index is 0.0631. The van der Waals surface area contributed by atoms with Gasteiger partial charge in [-0.15, -0.1) is 0 Å². The first-order valence-corrected chi connectivity index (χ1v) is 9.73. The molecule has 0 unspecified atom stereocenters. The summed E-state index contributed by atoms with van der Waals surface area (Å²) in [7, 11) is 0. The second-order valence-corrected chi connectivity index (χ2v) is 7.69. The van der Waals surface area contributed by atoms with E-state index in [9.17, 15) is 9.59 Å². The summed E-state index contributed by atoms with van der Waals surface area (Å²) in [6, 6.07) is 11.5. The van der Waals surface area contributed by atoms with Crippen molar-refractivity contribution in [2.75, 3.05) is 0 Å². The van der Waals surface area contributed by atoms with E-state index in [2.05, 4.69) is 22.2 Å². The van der Waals surface area contributed by atoms with Gasteiger partial charge in [-0.3, -0.25) is 14.2 Å². The zero-order valence-corrected chi connectivity index (χ0v) is 16.2. The quantitative estimate of drug-likeness (QED) is 0.760. The highest BCUT2D eigenvalue weighted by Crippen LogP contribution is 2.25. The second-order valence-electron chi connectivity index (χ2n) is 7.69. The van der Waals surface area contributed by atoms with E-state index in [0.29, 0.717) is 17.0 Å². The average Bonchev–Trinajstić information content (AvgIpc) is 2.70. The summed E-state index contributed by atoms with van der Waals surface area (Å²) in [5, 5.41) is 3.42. The Labute approximate surface area is 163 Å². The van der Waals surface area contributed by atoms with Gasteiger partial charge in [0.2, 0.25) is 5.91 Å². The number of aromatic nitrogens is 3. The molecule has 3 aromatic rings. The monoisotopic (exact) mass is 376 g/mol. The van der Waals surface area contributed by atoms with Gasteiger partial charge in [-0.25, -0.2) is 9.97 Å². The molecule has 6 nitrogen and oxygen atoms in total. The molecular formula is C22H24N4O2. The minimum atomic E-state index is -0.223. The SMILES string of the molecule is C[C@H]1CCc2nc3ncn(CC(=O)N[C@H](C)c4ccccc4)c(=O)c3cc2C1. The van der Waals surface area contributed by atoms with Crippen LogP contribution >= 0.6 is 0 Å². The van der Waals surface area contributed by atoms with Crippen molar-refractivity contribution in [3.05, 3.63) is 69.9 Å². The van der Waals surface area contributed by atoms with Crippen LogP contribution in [0.15, 0.2) is 47.5 Å². The molecule has 0 aliphatic heterocycles. The molecule has 0 bridgehead atoms. The lowest BCUT2D eigenvalue weighted by Crippen LogP contribution is -2.34. The van der Waals surface area contributed by atoms with Crippen molar-refractivity contribution in [2.45, 2.75) is 45.7 Å². The van der Waals surface area contributed by atoms with Crippen molar-refractivity contribution in [2.24, 2.45) is 5.92 Å². The van der Waals surface area contributed by atoms with Crippen LogP contribution in [0, 0.1) is 5.92 Å².